The zero-order valence-corrected chi connectivity index (χ0v) is 9.79. The van der Waals surface area contributed by atoms with Crippen molar-refractivity contribution in [2.24, 2.45) is 0 Å². The van der Waals surface area contributed by atoms with Gasteiger partial charge in [0.2, 0.25) is 0 Å². The molecule has 1 unspecified atom stereocenters. The van der Waals surface area contributed by atoms with Gasteiger partial charge in [0, 0.05) is 10.9 Å². The molecular formula is C11H15BrO2. The van der Waals surface area contributed by atoms with Crippen molar-refractivity contribution in [3.63, 3.8) is 0 Å². The SMILES string of the molecule is CCCCC(Br)c1cc(O)cc(O)c1. The van der Waals surface area contributed by atoms with E-state index in [2.05, 4.69) is 22.9 Å². The standard InChI is InChI=1S/C11H15BrO2/c1-2-3-4-11(12)8-5-9(13)7-10(14)6-8/h5-7,11,13-14H,2-4H2,1H3. The lowest BCUT2D eigenvalue weighted by Crippen LogP contribution is -1.89. The molecule has 78 valence electrons. The van der Waals surface area contributed by atoms with E-state index in [1.54, 1.807) is 12.1 Å². The molecular weight excluding hydrogens is 244 g/mol. The fraction of sp³-hybridized carbons (Fsp3) is 0.455. The number of phenols is 2. The number of phenolic OH excluding ortho intramolecular Hbond substituents is 2. The first-order valence-corrected chi connectivity index (χ1v) is 5.72. The highest BCUT2D eigenvalue weighted by Gasteiger charge is 2.08. The van der Waals surface area contributed by atoms with Gasteiger partial charge in [-0.25, -0.2) is 0 Å². The Morgan fingerprint density at radius 2 is 1.79 bits per heavy atom. The Kier molecular flexibility index (Phi) is 4.26. The largest absolute Gasteiger partial charge is 0.508 e. The van der Waals surface area contributed by atoms with E-state index in [1.807, 2.05) is 0 Å². The van der Waals surface area contributed by atoms with Crippen LogP contribution in [-0.4, -0.2) is 10.2 Å². The minimum atomic E-state index is 0.112. The highest BCUT2D eigenvalue weighted by atomic mass is 79.9. The molecule has 14 heavy (non-hydrogen) atoms. The number of rotatable bonds is 4. The van der Waals surface area contributed by atoms with E-state index in [-0.39, 0.29) is 16.3 Å². The lowest BCUT2D eigenvalue weighted by atomic mass is 10.1. The normalized spacial score (nSPS) is 12.7. The molecule has 0 fully saturated rings. The van der Waals surface area contributed by atoms with Crippen molar-refractivity contribution in [1.29, 1.82) is 0 Å². The van der Waals surface area contributed by atoms with Crippen LogP contribution in [0.4, 0.5) is 0 Å². The number of hydrogen-bond donors (Lipinski definition) is 2. The molecule has 0 saturated heterocycles. The van der Waals surface area contributed by atoms with E-state index in [9.17, 15) is 10.2 Å². The lowest BCUT2D eigenvalue weighted by molar-refractivity contribution is 0.449. The molecule has 2 nitrogen and oxygen atoms in total. The number of benzene rings is 1. The third-order valence-electron chi connectivity index (χ3n) is 2.10. The Morgan fingerprint density at radius 3 is 2.29 bits per heavy atom. The van der Waals surface area contributed by atoms with Crippen LogP contribution in [0.25, 0.3) is 0 Å². The van der Waals surface area contributed by atoms with E-state index in [1.165, 1.54) is 6.07 Å². The zero-order chi connectivity index (χ0) is 10.6. The van der Waals surface area contributed by atoms with Crippen LogP contribution in [0.2, 0.25) is 0 Å². The second-order valence-electron chi connectivity index (χ2n) is 3.39. The van der Waals surface area contributed by atoms with Gasteiger partial charge < -0.3 is 10.2 Å². The van der Waals surface area contributed by atoms with E-state index in [0.717, 1.165) is 24.8 Å². The summed E-state index contributed by atoms with van der Waals surface area (Å²) < 4.78 is 0. The number of unbranched alkanes of at least 4 members (excludes halogenated alkanes) is 1. The number of aromatic hydroxyl groups is 2. The minimum absolute atomic E-state index is 0.112. The molecule has 1 aromatic rings. The predicted molar refractivity (Wildman–Crippen MR) is 61.0 cm³/mol. The van der Waals surface area contributed by atoms with Gasteiger partial charge in [-0.2, -0.15) is 0 Å². The van der Waals surface area contributed by atoms with Crippen LogP contribution >= 0.6 is 15.9 Å². The summed E-state index contributed by atoms with van der Waals surface area (Å²) in [6.07, 6.45) is 3.29. The molecule has 0 aliphatic carbocycles. The molecule has 0 spiro atoms. The summed E-state index contributed by atoms with van der Waals surface area (Å²) in [6, 6.07) is 4.69. The topological polar surface area (TPSA) is 40.5 Å². The van der Waals surface area contributed by atoms with Crippen molar-refractivity contribution in [2.45, 2.75) is 31.0 Å². The molecule has 0 radical (unpaired) electrons. The number of halogens is 1. The van der Waals surface area contributed by atoms with Gasteiger partial charge in [0.1, 0.15) is 11.5 Å². The molecule has 0 aliphatic rings. The van der Waals surface area contributed by atoms with Gasteiger partial charge in [0.15, 0.2) is 0 Å². The van der Waals surface area contributed by atoms with Crippen molar-refractivity contribution in [1.82, 2.24) is 0 Å². The maximum atomic E-state index is 9.29. The summed E-state index contributed by atoms with van der Waals surface area (Å²) >= 11 is 3.53. The molecule has 1 atom stereocenters. The van der Waals surface area contributed by atoms with Crippen LogP contribution in [0.15, 0.2) is 18.2 Å². The number of alkyl halides is 1. The monoisotopic (exact) mass is 258 g/mol. The molecule has 0 heterocycles. The smallest absolute Gasteiger partial charge is 0.119 e. The van der Waals surface area contributed by atoms with Crippen LogP contribution in [0.5, 0.6) is 11.5 Å². The fourth-order valence-electron chi connectivity index (χ4n) is 1.35. The average molecular weight is 259 g/mol. The van der Waals surface area contributed by atoms with Gasteiger partial charge in [-0.1, -0.05) is 35.7 Å². The van der Waals surface area contributed by atoms with Crippen LogP contribution < -0.4 is 0 Å². The van der Waals surface area contributed by atoms with Crippen molar-refractivity contribution in [3.05, 3.63) is 23.8 Å². The molecule has 0 amide bonds. The van der Waals surface area contributed by atoms with Gasteiger partial charge in [-0.15, -0.1) is 0 Å². The Balaban J connectivity index is 2.73. The van der Waals surface area contributed by atoms with Crippen LogP contribution in [0.3, 0.4) is 0 Å². The summed E-state index contributed by atoms with van der Waals surface area (Å²) in [4.78, 5) is 0.209. The first-order chi connectivity index (χ1) is 6.63. The molecule has 0 aliphatic heterocycles. The second kappa shape index (κ2) is 5.25. The lowest BCUT2D eigenvalue weighted by Gasteiger charge is -2.10. The highest BCUT2D eigenvalue weighted by Crippen LogP contribution is 2.32. The summed E-state index contributed by atoms with van der Waals surface area (Å²) in [5, 5.41) is 18.6. The Labute approximate surface area is 92.7 Å². The predicted octanol–water partition coefficient (Wildman–Crippen LogP) is 3.72. The first kappa shape index (κ1) is 11.4. The van der Waals surface area contributed by atoms with E-state index < -0.39 is 0 Å². The first-order valence-electron chi connectivity index (χ1n) is 4.80. The molecule has 1 rings (SSSR count). The van der Waals surface area contributed by atoms with Gasteiger partial charge in [0.25, 0.3) is 0 Å². The van der Waals surface area contributed by atoms with Crippen LogP contribution in [0.1, 0.15) is 36.6 Å². The zero-order valence-electron chi connectivity index (χ0n) is 8.20. The molecule has 3 heteroatoms. The Morgan fingerprint density at radius 1 is 1.21 bits per heavy atom. The average Bonchev–Trinajstić information content (AvgIpc) is 2.12. The van der Waals surface area contributed by atoms with Gasteiger partial charge in [-0.05, 0) is 24.1 Å². The minimum Gasteiger partial charge on any atom is -0.508 e. The molecule has 0 aromatic heterocycles. The van der Waals surface area contributed by atoms with E-state index in [0.29, 0.717) is 0 Å². The molecule has 0 bridgehead atoms. The van der Waals surface area contributed by atoms with Crippen LogP contribution in [-0.2, 0) is 0 Å². The quantitative estimate of drug-likeness (QED) is 0.809. The summed E-state index contributed by atoms with van der Waals surface area (Å²) in [5.41, 5.74) is 0.927. The van der Waals surface area contributed by atoms with E-state index in [4.69, 9.17) is 0 Å². The summed E-state index contributed by atoms with van der Waals surface area (Å²) in [6.45, 7) is 2.14. The van der Waals surface area contributed by atoms with Crippen molar-refractivity contribution in [3.8, 4) is 11.5 Å². The van der Waals surface area contributed by atoms with Crippen molar-refractivity contribution < 1.29 is 10.2 Å². The fourth-order valence-corrected chi connectivity index (χ4v) is 1.94. The van der Waals surface area contributed by atoms with Crippen LogP contribution in [0, 0.1) is 0 Å². The maximum Gasteiger partial charge on any atom is 0.119 e. The summed E-state index contributed by atoms with van der Waals surface area (Å²) in [7, 11) is 0. The van der Waals surface area contributed by atoms with Crippen molar-refractivity contribution in [2.75, 3.05) is 0 Å². The molecule has 0 saturated carbocycles. The molecule has 2 N–H and O–H groups in total. The van der Waals surface area contributed by atoms with Gasteiger partial charge in [0.05, 0.1) is 0 Å². The number of hydrogen-bond acceptors (Lipinski definition) is 2. The second-order valence-corrected chi connectivity index (χ2v) is 4.50. The summed E-state index contributed by atoms with van der Waals surface area (Å²) in [5.74, 6) is 0.224. The van der Waals surface area contributed by atoms with Gasteiger partial charge in [-0.3, -0.25) is 0 Å². The molecule has 1 aromatic carbocycles. The Bertz CT molecular complexity index is 279. The maximum absolute atomic E-state index is 9.29. The Hall–Kier alpha value is -0.700. The van der Waals surface area contributed by atoms with Gasteiger partial charge >= 0.3 is 0 Å². The third kappa shape index (κ3) is 3.22. The third-order valence-corrected chi connectivity index (χ3v) is 3.08. The van der Waals surface area contributed by atoms with Crippen molar-refractivity contribution >= 4 is 15.9 Å². The van der Waals surface area contributed by atoms with E-state index >= 15 is 0 Å². The highest BCUT2D eigenvalue weighted by molar-refractivity contribution is 9.09.